The molecule has 0 aliphatic rings. The molecule has 0 bridgehead atoms. The number of rotatable bonds is 5. The topological polar surface area (TPSA) is 40.5 Å². The summed E-state index contributed by atoms with van der Waals surface area (Å²) in [5.41, 5.74) is 0. The maximum Gasteiger partial charge on any atom is 0.0718 e. The average Bonchev–Trinajstić information content (AvgIpc) is 1.87. The maximum atomic E-state index is 8.95. The van der Waals surface area contributed by atoms with E-state index in [9.17, 15) is 0 Å². The molecule has 0 spiro atoms. The molecule has 2 N–H and O–H groups in total. The Morgan fingerprint density at radius 1 is 1.50 bits per heavy atom. The monoisotopic (exact) mass is 143 g/mol. The van der Waals surface area contributed by atoms with E-state index in [-0.39, 0.29) is 6.10 Å². The van der Waals surface area contributed by atoms with Gasteiger partial charge in [-0.05, 0) is 26.2 Å². The van der Waals surface area contributed by atoms with Gasteiger partial charge in [0.05, 0.1) is 12.2 Å². The molecular formula is C8H15O2. The van der Waals surface area contributed by atoms with Crippen molar-refractivity contribution in [3.05, 3.63) is 19.1 Å². The molecule has 0 saturated carbocycles. The molecule has 0 heterocycles. The van der Waals surface area contributed by atoms with Gasteiger partial charge in [0.1, 0.15) is 0 Å². The van der Waals surface area contributed by atoms with Crippen molar-refractivity contribution < 1.29 is 10.2 Å². The van der Waals surface area contributed by atoms with Crippen LogP contribution in [0.1, 0.15) is 19.8 Å². The van der Waals surface area contributed by atoms with Gasteiger partial charge in [-0.3, -0.25) is 0 Å². The van der Waals surface area contributed by atoms with Crippen LogP contribution in [0.4, 0.5) is 0 Å². The van der Waals surface area contributed by atoms with Gasteiger partial charge in [0.15, 0.2) is 0 Å². The fourth-order valence-corrected chi connectivity index (χ4v) is 0.626. The van der Waals surface area contributed by atoms with E-state index < -0.39 is 6.10 Å². The maximum absolute atomic E-state index is 8.95. The third-order valence-electron chi connectivity index (χ3n) is 1.24. The molecular weight excluding hydrogens is 128 g/mol. The first-order valence-electron chi connectivity index (χ1n) is 3.49. The Hall–Kier alpha value is -0.340. The highest BCUT2D eigenvalue weighted by Gasteiger charge is 1.99. The summed E-state index contributed by atoms with van der Waals surface area (Å²) in [7, 11) is 0. The molecule has 1 radical (unpaired) electrons. The van der Waals surface area contributed by atoms with Crippen molar-refractivity contribution in [1.29, 1.82) is 0 Å². The van der Waals surface area contributed by atoms with Crippen LogP contribution in [0.25, 0.3) is 0 Å². The molecule has 0 aromatic heterocycles. The van der Waals surface area contributed by atoms with Crippen molar-refractivity contribution in [3.63, 3.8) is 0 Å². The Labute approximate surface area is 62.2 Å². The van der Waals surface area contributed by atoms with Crippen molar-refractivity contribution in [1.82, 2.24) is 0 Å². The fourth-order valence-electron chi connectivity index (χ4n) is 0.626. The summed E-state index contributed by atoms with van der Waals surface area (Å²) in [5, 5.41) is 17.7. The number of hydrogen-bond acceptors (Lipinski definition) is 2. The van der Waals surface area contributed by atoms with Crippen LogP contribution in [0.5, 0.6) is 0 Å². The van der Waals surface area contributed by atoms with Crippen LogP contribution in [0, 0.1) is 6.42 Å². The molecule has 2 atom stereocenters. The van der Waals surface area contributed by atoms with Gasteiger partial charge >= 0.3 is 0 Å². The van der Waals surface area contributed by atoms with E-state index in [2.05, 4.69) is 6.58 Å². The van der Waals surface area contributed by atoms with E-state index in [4.69, 9.17) is 10.2 Å². The second-order valence-electron chi connectivity index (χ2n) is 2.36. The fraction of sp³-hybridized carbons (Fsp3) is 0.625. The standard InChI is InChI=1S/C8H15O2/c1-3-8(10)6-4-5-7(2)9/h3,5,7-10H,1,4,6H2,2H3. The lowest BCUT2D eigenvalue weighted by Gasteiger charge is -2.05. The molecule has 0 fully saturated rings. The second-order valence-corrected chi connectivity index (χ2v) is 2.36. The zero-order chi connectivity index (χ0) is 7.98. The lowest BCUT2D eigenvalue weighted by atomic mass is 10.1. The van der Waals surface area contributed by atoms with Crippen LogP contribution in [0.2, 0.25) is 0 Å². The first-order valence-corrected chi connectivity index (χ1v) is 3.49. The Bertz CT molecular complexity index is 89.3. The second kappa shape index (κ2) is 5.45. The summed E-state index contributed by atoms with van der Waals surface area (Å²) in [6.07, 6.45) is 3.81. The predicted octanol–water partition coefficient (Wildman–Crippen LogP) is 0.899. The Kier molecular flexibility index (Phi) is 5.26. The smallest absolute Gasteiger partial charge is 0.0718 e. The van der Waals surface area contributed by atoms with Gasteiger partial charge in [-0.25, -0.2) is 0 Å². The minimum absolute atomic E-state index is 0.378. The lowest BCUT2D eigenvalue weighted by molar-refractivity contribution is 0.196. The molecule has 0 saturated heterocycles. The molecule has 10 heavy (non-hydrogen) atoms. The third kappa shape index (κ3) is 5.79. The van der Waals surface area contributed by atoms with Gasteiger partial charge < -0.3 is 10.2 Å². The highest BCUT2D eigenvalue weighted by Crippen LogP contribution is 2.02. The minimum Gasteiger partial charge on any atom is -0.393 e. The summed E-state index contributed by atoms with van der Waals surface area (Å²) in [5.74, 6) is 0. The van der Waals surface area contributed by atoms with E-state index in [1.807, 2.05) is 0 Å². The van der Waals surface area contributed by atoms with Crippen molar-refractivity contribution in [2.75, 3.05) is 0 Å². The molecule has 0 rings (SSSR count). The highest BCUT2D eigenvalue weighted by atomic mass is 16.3. The van der Waals surface area contributed by atoms with Crippen LogP contribution >= 0.6 is 0 Å². The predicted molar refractivity (Wildman–Crippen MR) is 41.4 cm³/mol. The summed E-state index contributed by atoms with van der Waals surface area (Å²) in [4.78, 5) is 0. The van der Waals surface area contributed by atoms with E-state index >= 15 is 0 Å². The molecule has 2 nitrogen and oxygen atoms in total. The van der Waals surface area contributed by atoms with E-state index in [1.165, 1.54) is 6.08 Å². The molecule has 59 valence electrons. The molecule has 0 aromatic rings. The minimum atomic E-state index is -0.435. The molecule has 0 aromatic carbocycles. The SMILES string of the molecule is C=CC(O)CC[CH]C(C)O. The summed E-state index contributed by atoms with van der Waals surface area (Å²) in [6, 6.07) is 0. The largest absolute Gasteiger partial charge is 0.393 e. The number of aliphatic hydroxyl groups is 2. The zero-order valence-electron chi connectivity index (χ0n) is 6.33. The molecule has 2 unspecified atom stereocenters. The summed E-state index contributed by atoms with van der Waals surface area (Å²) < 4.78 is 0. The Morgan fingerprint density at radius 2 is 2.10 bits per heavy atom. The average molecular weight is 143 g/mol. The molecule has 2 heteroatoms. The number of hydrogen-bond donors (Lipinski definition) is 2. The van der Waals surface area contributed by atoms with Crippen LogP contribution in [-0.2, 0) is 0 Å². The van der Waals surface area contributed by atoms with Gasteiger partial charge in [-0.15, -0.1) is 6.58 Å². The summed E-state index contributed by atoms with van der Waals surface area (Å²) >= 11 is 0. The summed E-state index contributed by atoms with van der Waals surface area (Å²) in [6.45, 7) is 5.13. The molecule has 0 amide bonds. The van der Waals surface area contributed by atoms with Crippen molar-refractivity contribution >= 4 is 0 Å². The lowest BCUT2D eigenvalue weighted by Crippen LogP contribution is -2.05. The Morgan fingerprint density at radius 3 is 2.50 bits per heavy atom. The van der Waals surface area contributed by atoms with Crippen molar-refractivity contribution in [2.24, 2.45) is 0 Å². The number of aliphatic hydroxyl groups excluding tert-OH is 2. The van der Waals surface area contributed by atoms with Gasteiger partial charge in [0.2, 0.25) is 0 Å². The van der Waals surface area contributed by atoms with Crippen molar-refractivity contribution in [2.45, 2.75) is 32.0 Å². The highest BCUT2D eigenvalue weighted by molar-refractivity contribution is 4.81. The van der Waals surface area contributed by atoms with E-state index in [1.54, 1.807) is 13.3 Å². The molecule has 0 aliphatic carbocycles. The van der Waals surface area contributed by atoms with Crippen LogP contribution in [-0.4, -0.2) is 22.4 Å². The van der Waals surface area contributed by atoms with Crippen LogP contribution < -0.4 is 0 Å². The van der Waals surface area contributed by atoms with Crippen LogP contribution in [0.3, 0.4) is 0 Å². The Balaban J connectivity index is 3.11. The zero-order valence-corrected chi connectivity index (χ0v) is 6.33. The first kappa shape index (κ1) is 9.66. The van der Waals surface area contributed by atoms with Crippen molar-refractivity contribution in [3.8, 4) is 0 Å². The van der Waals surface area contributed by atoms with Gasteiger partial charge in [-0.2, -0.15) is 0 Å². The van der Waals surface area contributed by atoms with E-state index in [0.717, 1.165) is 6.42 Å². The normalized spacial score (nSPS) is 16.3. The van der Waals surface area contributed by atoms with Crippen LogP contribution in [0.15, 0.2) is 12.7 Å². The molecule has 0 aliphatic heterocycles. The van der Waals surface area contributed by atoms with E-state index in [0.29, 0.717) is 6.42 Å². The third-order valence-corrected chi connectivity index (χ3v) is 1.24. The van der Waals surface area contributed by atoms with Gasteiger partial charge in [0, 0.05) is 0 Å². The quantitative estimate of drug-likeness (QED) is 0.561. The van der Waals surface area contributed by atoms with Gasteiger partial charge in [-0.1, -0.05) is 6.08 Å². The van der Waals surface area contributed by atoms with Gasteiger partial charge in [0.25, 0.3) is 0 Å². The first-order chi connectivity index (χ1) is 4.66.